The van der Waals surface area contributed by atoms with Crippen molar-refractivity contribution in [1.82, 2.24) is 9.47 Å². The highest BCUT2D eigenvalue weighted by molar-refractivity contribution is 6.40. The minimum Gasteiger partial charge on any atom is -0.368 e. The molecule has 44 heavy (non-hydrogen) atoms. The molecule has 7 nitrogen and oxygen atoms in total. The normalized spacial score (nSPS) is 13.2. The Morgan fingerprint density at radius 1 is 0.750 bits per heavy atom. The first kappa shape index (κ1) is 30.4. The summed E-state index contributed by atoms with van der Waals surface area (Å²) in [5, 5.41) is 0. The largest absolute Gasteiger partial charge is 0.368 e. The lowest BCUT2D eigenvalue weighted by Gasteiger charge is -2.35. The van der Waals surface area contributed by atoms with Gasteiger partial charge >= 0.3 is 0 Å². The first-order valence-electron chi connectivity index (χ1n) is 13.9. The van der Waals surface area contributed by atoms with Crippen LogP contribution in [0, 0.1) is 23.3 Å². The second-order valence-corrected chi connectivity index (χ2v) is 10.5. The number of amides is 1. The second-order valence-electron chi connectivity index (χ2n) is 10.5. The summed E-state index contributed by atoms with van der Waals surface area (Å²) >= 11 is 0. The number of nitrogens with zero attached hydrogens (tertiary/aromatic N) is 3. The van der Waals surface area contributed by atoms with Crippen LogP contribution in [-0.2, 0) is 22.6 Å². The third-order valence-electron chi connectivity index (χ3n) is 7.45. The van der Waals surface area contributed by atoms with E-state index in [2.05, 4.69) is 4.90 Å². The maximum atomic E-state index is 14.4. The van der Waals surface area contributed by atoms with Crippen LogP contribution in [0.15, 0.2) is 83.8 Å². The highest BCUT2D eigenvalue weighted by Gasteiger charge is 2.29. The van der Waals surface area contributed by atoms with E-state index in [1.807, 2.05) is 30.3 Å². The number of aromatic nitrogens is 1. The molecule has 1 aliphatic rings. The Hall–Kier alpha value is -5.06. The summed E-state index contributed by atoms with van der Waals surface area (Å²) in [6.07, 6.45) is -0.0943. The molecule has 1 saturated heterocycles. The fourth-order valence-electron chi connectivity index (χ4n) is 5.18. The Kier molecular flexibility index (Phi) is 9.03. The van der Waals surface area contributed by atoms with Crippen LogP contribution >= 0.6 is 0 Å². The molecular formula is C33H27F4N3O4. The van der Waals surface area contributed by atoms with E-state index in [4.69, 9.17) is 0 Å². The van der Waals surface area contributed by atoms with Gasteiger partial charge in [-0.05, 0) is 41.5 Å². The minimum absolute atomic E-state index is 0.101. The van der Waals surface area contributed by atoms with Crippen molar-refractivity contribution in [2.75, 3.05) is 31.1 Å². The maximum absolute atomic E-state index is 14.4. The lowest BCUT2D eigenvalue weighted by molar-refractivity contribution is -0.144. The van der Waals surface area contributed by atoms with E-state index in [0.717, 1.165) is 22.4 Å². The van der Waals surface area contributed by atoms with Crippen LogP contribution in [0.4, 0.5) is 23.2 Å². The van der Waals surface area contributed by atoms with Crippen LogP contribution < -0.4 is 10.5 Å². The van der Waals surface area contributed by atoms with Gasteiger partial charge in [0.1, 0.15) is 11.6 Å². The first-order valence-corrected chi connectivity index (χ1v) is 13.9. The highest BCUT2D eigenvalue weighted by Crippen LogP contribution is 2.20. The van der Waals surface area contributed by atoms with Crippen LogP contribution in [-0.4, -0.2) is 53.1 Å². The third kappa shape index (κ3) is 6.77. The predicted octanol–water partition coefficient (Wildman–Crippen LogP) is 4.53. The summed E-state index contributed by atoms with van der Waals surface area (Å²) in [7, 11) is 0. The van der Waals surface area contributed by atoms with Crippen molar-refractivity contribution in [3.05, 3.63) is 135 Å². The molecule has 1 amide bonds. The number of halogens is 4. The Morgan fingerprint density at radius 2 is 1.43 bits per heavy atom. The quantitative estimate of drug-likeness (QED) is 0.0921. The average molecular weight is 606 g/mol. The number of anilines is 1. The van der Waals surface area contributed by atoms with Crippen molar-refractivity contribution in [1.29, 1.82) is 0 Å². The summed E-state index contributed by atoms with van der Waals surface area (Å²) < 4.78 is 57.6. The number of ketones is 2. The maximum Gasteiger partial charge on any atom is 0.290 e. The van der Waals surface area contributed by atoms with Crippen molar-refractivity contribution >= 4 is 23.2 Å². The van der Waals surface area contributed by atoms with Crippen molar-refractivity contribution in [2.24, 2.45) is 0 Å². The molecular weight excluding hydrogens is 578 g/mol. The summed E-state index contributed by atoms with van der Waals surface area (Å²) in [6, 6.07) is 17.5. The Labute approximate surface area is 250 Å². The van der Waals surface area contributed by atoms with E-state index in [0.29, 0.717) is 19.2 Å². The van der Waals surface area contributed by atoms with Crippen LogP contribution in [0.5, 0.6) is 0 Å². The monoisotopic (exact) mass is 605 g/mol. The molecule has 2 heterocycles. The van der Waals surface area contributed by atoms with E-state index in [1.54, 1.807) is 6.07 Å². The lowest BCUT2D eigenvalue weighted by atomic mass is 10.0. The van der Waals surface area contributed by atoms with Gasteiger partial charge in [0.25, 0.3) is 11.5 Å². The number of piperazine rings is 1. The zero-order valence-corrected chi connectivity index (χ0v) is 23.4. The fraction of sp³-hybridized carbons (Fsp3) is 0.212. The Bertz CT molecular complexity index is 1780. The van der Waals surface area contributed by atoms with Gasteiger partial charge in [-0.25, -0.2) is 17.6 Å². The molecule has 1 aromatic heterocycles. The van der Waals surface area contributed by atoms with E-state index in [1.165, 1.54) is 29.3 Å². The van der Waals surface area contributed by atoms with Crippen LogP contribution in [0.3, 0.4) is 0 Å². The van der Waals surface area contributed by atoms with E-state index >= 15 is 0 Å². The number of rotatable bonds is 9. The SMILES string of the molecule is O=C(CC(=O)c1cc(Cc2cc(F)cc(F)c2F)cn(Cc2ccccc2F)c1=O)C(=O)N1CCN(c2ccccc2)CC1. The van der Waals surface area contributed by atoms with E-state index < -0.39 is 64.7 Å². The molecule has 0 N–H and O–H groups in total. The average Bonchev–Trinajstić information content (AvgIpc) is 3.02. The number of pyridine rings is 1. The van der Waals surface area contributed by atoms with Gasteiger partial charge in [-0.2, -0.15) is 0 Å². The van der Waals surface area contributed by atoms with Gasteiger partial charge in [0.2, 0.25) is 5.78 Å². The van der Waals surface area contributed by atoms with Crippen LogP contribution in [0.25, 0.3) is 0 Å². The van der Waals surface area contributed by atoms with Crippen molar-refractivity contribution < 1.29 is 31.9 Å². The number of para-hydroxylation sites is 1. The number of carbonyl (C=O) groups excluding carboxylic acids is 3. The van der Waals surface area contributed by atoms with Gasteiger partial charge in [-0.15, -0.1) is 0 Å². The van der Waals surface area contributed by atoms with Gasteiger partial charge in [-0.1, -0.05) is 36.4 Å². The molecule has 5 rings (SSSR count). The zero-order valence-electron chi connectivity index (χ0n) is 23.4. The molecule has 0 radical (unpaired) electrons. The molecule has 0 bridgehead atoms. The van der Waals surface area contributed by atoms with Gasteiger partial charge in [0.15, 0.2) is 17.4 Å². The molecule has 11 heteroatoms. The smallest absolute Gasteiger partial charge is 0.290 e. The molecule has 3 aromatic carbocycles. The van der Waals surface area contributed by atoms with Crippen molar-refractivity contribution in [3.63, 3.8) is 0 Å². The van der Waals surface area contributed by atoms with Gasteiger partial charge in [0.05, 0.1) is 18.5 Å². The fourth-order valence-corrected chi connectivity index (χ4v) is 5.18. The number of carbonyl (C=O) groups is 3. The molecule has 0 atom stereocenters. The number of benzene rings is 3. The Balaban J connectivity index is 1.37. The molecule has 1 aliphatic heterocycles. The first-order chi connectivity index (χ1) is 21.1. The van der Waals surface area contributed by atoms with E-state index in [-0.39, 0.29) is 36.3 Å². The number of hydrogen-bond donors (Lipinski definition) is 0. The summed E-state index contributed by atoms with van der Waals surface area (Å²) in [5.41, 5.74) is -0.555. The van der Waals surface area contributed by atoms with Gasteiger partial charge < -0.3 is 14.4 Å². The topological polar surface area (TPSA) is 79.7 Å². The summed E-state index contributed by atoms with van der Waals surface area (Å²) in [5.74, 6) is -7.19. The van der Waals surface area contributed by atoms with E-state index in [9.17, 15) is 36.7 Å². The van der Waals surface area contributed by atoms with Crippen molar-refractivity contribution in [2.45, 2.75) is 19.4 Å². The standard InChI is InChI=1S/C33H27F4N3O4/c34-24-16-23(31(37)28(36)17-24)14-21-15-26(32(43)40(19-21)20-22-6-4-5-9-27(22)35)29(41)18-30(42)33(44)39-12-10-38(11-13-39)25-7-2-1-3-8-25/h1-9,15-17,19H,10-14,18,20H2. The summed E-state index contributed by atoms with van der Waals surface area (Å²) in [4.78, 5) is 55.8. The van der Waals surface area contributed by atoms with Crippen LogP contribution in [0.1, 0.15) is 33.5 Å². The molecule has 4 aromatic rings. The molecule has 0 spiro atoms. The number of Topliss-reactive ketones (excluding diaryl/α,β-unsaturated/α-hetero) is 2. The molecule has 0 unspecified atom stereocenters. The zero-order chi connectivity index (χ0) is 31.4. The van der Waals surface area contributed by atoms with Gasteiger partial charge in [0, 0.05) is 56.1 Å². The molecule has 1 fully saturated rings. The van der Waals surface area contributed by atoms with Crippen LogP contribution in [0.2, 0.25) is 0 Å². The predicted molar refractivity (Wildman–Crippen MR) is 155 cm³/mol. The molecule has 0 aliphatic carbocycles. The second kappa shape index (κ2) is 13.1. The third-order valence-corrected chi connectivity index (χ3v) is 7.45. The number of hydrogen-bond acceptors (Lipinski definition) is 5. The molecule has 226 valence electrons. The van der Waals surface area contributed by atoms with Crippen molar-refractivity contribution in [3.8, 4) is 0 Å². The van der Waals surface area contributed by atoms with Gasteiger partial charge in [-0.3, -0.25) is 19.2 Å². The lowest BCUT2D eigenvalue weighted by Crippen LogP contribution is -2.50. The highest BCUT2D eigenvalue weighted by atomic mass is 19.2. The minimum atomic E-state index is -1.41. The molecule has 0 saturated carbocycles. The summed E-state index contributed by atoms with van der Waals surface area (Å²) in [6.45, 7) is 1.16. The Morgan fingerprint density at radius 3 is 2.14 bits per heavy atom.